The van der Waals surface area contributed by atoms with E-state index in [9.17, 15) is 8.42 Å². The molecule has 0 aromatic heterocycles. The van der Waals surface area contributed by atoms with Crippen LogP contribution in [0.5, 0.6) is 0 Å². The fourth-order valence-corrected chi connectivity index (χ4v) is 9.19. The van der Waals surface area contributed by atoms with Crippen molar-refractivity contribution >= 4 is 57.6 Å². The molecule has 0 aromatic carbocycles. The van der Waals surface area contributed by atoms with Gasteiger partial charge in [-0.25, -0.2) is 8.42 Å². The van der Waals surface area contributed by atoms with E-state index in [4.69, 9.17) is 0 Å². The molecule has 0 aliphatic heterocycles. The molecule has 0 spiro atoms. The van der Waals surface area contributed by atoms with Gasteiger partial charge < -0.3 is 0 Å². The highest BCUT2D eigenvalue weighted by atomic mass is 79.9. The van der Waals surface area contributed by atoms with Gasteiger partial charge in [-0.2, -0.15) is 0 Å². The van der Waals surface area contributed by atoms with Crippen molar-refractivity contribution in [1.82, 2.24) is 0 Å². The van der Waals surface area contributed by atoms with Gasteiger partial charge in [-0.3, -0.25) is 0 Å². The Bertz CT molecular complexity index is 338. The van der Waals surface area contributed by atoms with Crippen molar-refractivity contribution in [2.45, 2.75) is 27.7 Å². The second-order valence-electron chi connectivity index (χ2n) is 4.34. The first-order valence-corrected chi connectivity index (χ1v) is 9.49. The fraction of sp³-hybridized carbons (Fsp3) is 1.00. The molecule has 2 unspecified atom stereocenters. The van der Waals surface area contributed by atoms with Gasteiger partial charge in [0.15, 0.2) is 9.84 Å². The van der Waals surface area contributed by atoms with Crippen LogP contribution in [0.4, 0.5) is 0 Å². The average molecular weight is 425 g/mol. The van der Waals surface area contributed by atoms with E-state index in [2.05, 4.69) is 47.8 Å². The summed E-state index contributed by atoms with van der Waals surface area (Å²) in [7, 11) is -2.91. The monoisotopic (exact) mass is 422 g/mol. The van der Waals surface area contributed by atoms with E-state index in [1.807, 2.05) is 0 Å². The third-order valence-corrected chi connectivity index (χ3v) is 9.12. The van der Waals surface area contributed by atoms with Crippen LogP contribution in [0, 0.1) is 11.8 Å². The number of rotatable bonds is 3. The zero-order chi connectivity index (χ0) is 11.3. The summed E-state index contributed by atoms with van der Waals surface area (Å²) in [4.78, 5) is 0. The van der Waals surface area contributed by atoms with E-state index in [0.717, 1.165) is 19.3 Å². The Labute approximate surface area is 116 Å². The highest BCUT2D eigenvalue weighted by Crippen LogP contribution is 2.64. The molecule has 15 heavy (non-hydrogen) atoms. The first-order chi connectivity index (χ1) is 6.91. The van der Waals surface area contributed by atoms with Gasteiger partial charge in [-0.15, -0.1) is 0 Å². The van der Waals surface area contributed by atoms with Gasteiger partial charge in [0.1, 0.15) is 0 Å². The molecule has 0 radical (unpaired) electrons. The van der Waals surface area contributed by atoms with E-state index in [1.54, 1.807) is 0 Å². The summed E-state index contributed by atoms with van der Waals surface area (Å²) in [5.41, 5.74) is 0. The molecular weight excluding hydrogens is 412 g/mol. The van der Waals surface area contributed by atoms with Gasteiger partial charge in [-0.05, 0) is 12.8 Å². The van der Waals surface area contributed by atoms with E-state index in [1.165, 1.54) is 0 Å². The van der Waals surface area contributed by atoms with Crippen LogP contribution in [-0.2, 0) is 9.84 Å². The Morgan fingerprint density at radius 1 is 1.20 bits per heavy atom. The predicted octanol–water partition coefficient (Wildman–Crippen LogP) is 3.08. The highest BCUT2D eigenvalue weighted by molar-refractivity contribution is 9.25. The maximum Gasteiger partial charge on any atom is 0.154 e. The largest absolute Gasteiger partial charge is 0.228 e. The lowest BCUT2D eigenvalue weighted by molar-refractivity contribution is 0.122. The minimum atomic E-state index is -2.91. The molecule has 0 heterocycles. The molecule has 0 amide bonds. The van der Waals surface area contributed by atoms with Crippen LogP contribution in [0.25, 0.3) is 0 Å². The van der Waals surface area contributed by atoms with E-state index in [0.29, 0.717) is 5.33 Å². The third-order valence-electron chi connectivity index (χ3n) is 3.59. The quantitative estimate of drug-likeness (QED) is 0.652. The van der Waals surface area contributed by atoms with Crippen LogP contribution in [-0.4, -0.2) is 28.0 Å². The summed E-state index contributed by atoms with van der Waals surface area (Å²) in [5.74, 6) is 0.765. The van der Waals surface area contributed by atoms with Crippen molar-refractivity contribution in [2.75, 3.05) is 11.1 Å². The minimum absolute atomic E-state index is 0.109. The molecule has 3 aliphatic rings. The first kappa shape index (κ1) is 12.8. The number of hydrogen-bond donors (Lipinski definition) is 0. The molecule has 2 atom stereocenters. The van der Waals surface area contributed by atoms with E-state index >= 15 is 0 Å². The first-order valence-electron chi connectivity index (χ1n) is 5.06. The number of fused-ring (bicyclic) bond motifs is 2. The SMILES string of the molecule is O=S(=O)(CCBr)C1C2CCCC1C2(Br)Br. The zero-order valence-corrected chi connectivity index (χ0v) is 13.7. The van der Waals surface area contributed by atoms with Crippen molar-refractivity contribution in [2.24, 2.45) is 11.8 Å². The molecule has 2 nitrogen and oxygen atoms in total. The summed E-state index contributed by atoms with van der Waals surface area (Å²) in [6.45, 7) is 0. The second kappa shape index (κ2) is 4.25. The van der Waals surface area contributed by atoms with Crippen molar-refractivity contribution < 1.29 is 8.42 Å². The lowest BCUT2D eigenvalue weighted by atomic mass is 9.64. The molecule has 3 fully saturated rings. The maximum absolute atomic E-state index is 12.0. The normalized spacial score (nSPS) is 38.5. The number of alkyl halides is 3. The summed E-state index contributed by atoms with van der Waals surface area (Å²) >= 11 is 10.5. The van der Waals surface area contributed by atoms with Crippen LogP contribution >= 0.6 is 47.8 Å². The Morgan fingerprint density at radius 3 is 2.13 bits per heavy atom. The number of halogens is 3. The Kier molecular flexibility index (Phi) is 3.64. The molecular formula is C9H13Br3O2S. The molecule has 6 heteroatoms. The Hall–Kier alpha value is 1.39. The van der Waals surface area contributed by atoms with Crippen molar-refractivity contribution in [3.8, 4) is 0 Å². The average Bonchev–Trinajstić information content (AvgIpc) is 2.16. The summed E-state index contributed by atoms with van der Waals surface area (Å²) in [5, 5.41) is 0.422. The second-order valence-corrected chi connectivity index (χ2v) is 11.1. The standard InChI is InChI=1S/C9H13Br3O2S/c10-4-5-15(13,14)8-6-2-1-3-7(8)9(6,11)12/h6-8H,1-5H2. The minimum Gasteiger partial charge on any atom is -0.228 e. The van der Waals surface area contributed by atoms with Crippen molar-refractivity contribution in [1.29, 1.82) is 0 Å². The Balaban J connectivity index is 2.21. The number of sulfone groups is 1. The highest BCUT2D eigenvalue weighted by Gasteiger charge is 2.64. The van der Waals surface area contributed by atoms with Gasteiger partial charge >= 0.3 is 0 Å². The lowest BCUT2D eigenvalue weighted by Gasteiger charge is -2.58. The Morgan fingerprint density at radius 2 is 1.73 bits per heavy atom. The fourth-order valence-electron chi connectivity index (χ4n) is 2.89. The van der Waals surface area contributed by atoms with Gasteiger partial charge in [0.25, 0.3) is 0 Å². The predicted molar refractivity (Wildman–Crippen MR) is 72.8 cm³/mol. The van der Waals surface area contributed by atoms with Crippen LogP contribution in [0.2, 0.25) is 0 Å². The smallest absolute Gasteiger partial charge is 0.154 e. The van der Waals surface area contributed by atoms with E-state index < -0.39 is 9.84 Å². The molecule has 88 valence electrons. The molecule has 3 rings (SSSR count). The van der Waals surface area contributed by atoms with Crippen LogP contribution in [0.3, 0.4) is 0 Å². The molecule has 2 bridgehead atoms. The molecule has 3 aliphatic carbocycles. The van der Waals surface area contributed by atoms with Gasteiger partial charge in [0.05, 0.1) is 14.2 Å². The van der Waals surface area contributed by atoms with Crippen LogP contribution in [0.15, 0.2) is 0 Å². The maximum atomic E-state index is 12.0. The van der Waals surface area contributed by atoms with Crippen molar-refractivity contribution in [3.63, 3.8) is 0 Å². The summed E-state index contributed by atoms with van der Waals surface area (Å²) < 4.78 is 24.0. The van der Waals surface area contributed by atoms with Gasteiger partial charge in [-0.1, -0.05) is 54.2 Å². The van der Waals surface area contributed by atoms with Crippen molar-refractivity contribution in [3.05, 3.63) is 0 Å². The molecule has 3 saturated carbocycles. The van der Waals surface area contributed by atoms with E-state index in [-0.39, 0.29) is 26.1 Å². The van der Waals surface area contributed by atoms with Crippen LogP contribution in [0.1, 0.15) is 19.3 Å². The molecule has 0 N–H and O–H groups in total. The zero-order valence-electron chi connectivity index (χ0n) is 8.13. The summed E-state index contributed by atoms with van der Waals surface area (Å²) in [6, 6.07) is 0. The number of hydrogen-bond acceptors (Lipinski definition) is 2. The van der Waals surface area contributed by atoms with Gasteiger partial charge in [0.2, 0.25) is 0 Å². The molecule has 0 saturated heterocycles. The molecule has 0 aromatic rings. The topological polar surface area (TPSA) is 34.1 Å². The van der Waals surface area contributed by atoms with Crippen LogP contribution < -0.4 is 0 Å². The lowest BCUT2D eigenvalue weighted by Crippen LogP contribution is -2.64. The summed E-state index contributed by atoms with van der Waals surface area (Å²) in [6.07, 6.45) is 3.19. The third kappa shape index (κ3) is 1.97. The van der Waals surface area contributed by atoms with Gasteiger partial charge in [0, 0.05) is 17.2 Å².